The van der Waals surface area contributed by atoms with Crippen LogP contribution in [0.2, 0.25) is 0 Å². The van der Waals surface area contributed by atoms with Crippen LogP contribution in [0.25, 0.3) is 0 Å². The Morgan fingerprint density at radius 1 is 1.03 bits per heavy atom. The number of aryl methyl sites for hydroxylation is 1. The zero-order chi connectivity index (χ0) is 22.9. The van der Waals surface area contributed by atoms with Gasteiger partial charge in [0.05, 0.1) is 14.2 Å². The molecule has 10 heteroatoms. The van der Waals surface area contributed by atoms with Crippen LogP contribution in [-0.4, -0.2) is 63.9 Å². The van der Waals surface area contributed by atoms with Crippen molar-refractivity contribution in [1.82, 2.24) is 9.21 Å². The molecule has 4 rings (SSSR count). The van der Waals surface area contributed by atoms with Gasteiger partial charge >= 0.3 is 0 Å². The summed E-state index contributed by atoms with van der Waals surface area (Å²) in [6.45, 7) is 2.09. The summed E-state index contributed by atoms with van der Waals surface area (Å²) in [5.41, 5.74) is 1.93. The van der Waals surface area contributed by atoms with E-state index in [0.717, 1.165) is 23.1 Å². The number of carbonyl (C=O) groups excluding carboxylic acids is 1. The molecule has 32 heavy (non-hydrogen) atoms. The molecule has 172 valence electrons. The van der Waals surface area contributed by atoms with Gasteiger partial charge in [0.25, 0.3) is 0 Å². The Morgan fingerprint density at radius 2 is 1.78 bits per heavy atom. The maximum atomic E-state index is 14.7. The summed E-state index contributed by atoms with van der Waals surface area (Å²) in [7, 11) is -0.780. The summed E-state index contributed by atoms with van der Waals surface area (Å²) in [6.07, 6.45) is 0.643. The fraction of sp³-hybridized carbons (Fsp3) is 0.409. The number of hydrogen-bond donors (Lipinski definition) is 1. The Labute approximate surface area is 187 Å². The summed E-state index contributed by atoms with van der Waals surface area (Å²) in [6, 6.07) is 8.03. The van der Waals surface area contributed by atoms with E-state index >= 15 is 0 Å². The van der Waals surface area contributed by atoms with Crippen LogP contribution in [0.15, 0.2) is 35.2 Å². The van der Waals surface area contributed by atoms with Crippen molar-refractivity contribution in [3.05, 3.63) is 47.3 Å². The molecule has 0 spiro atoms. The number of carbonyl (C=O) groups is 1. The van der Waals surface area contributed by atoms with Crippen molar-refractivity contribution in [2.45, 2.75) is 24.3 Å². The third kappa shape index (κ3) is 4.43. The van der Waals surface area contributed by atoms with Crippen molar-refractivity contribution in [3.8, 4) is 11.5 Å². The van der Waals surface area contributed by atoms with Gasteiger partial charge < -0.3 is 14.8 Å². The molecule has 2 aliphatic heterocycles. The summed E-state index contributed by atoms with van der Waals surface area (Å²) < 4.78 is 53.0. The molecule has 1 amide bonds. The lowest BCUT2D eigenvalue weighted by molar-refractivity contribution is -0.116. The minimum Gasteiger partial charge on any atom is -0.497 e. The van der Waals surface area contributed by atoms with E-state index in [-0.39, 0.29) is 30.3 Å². The van der Waals surface area contributed by atoms with Gasteiger partial charge in [0.1, 0.15) is 22.2 Å². The average molecular weight is 464 g/mol. The first-order valence-electron chi connectivity index (χ1n) is 10.4. The molecule has 2 aromatic rings. The highest BCUT2D eigenvalue weighted by molar-refractivity contribution is 7.89. The molecule has 0 saturated carbocycles. The largest absolute Gasteiger partial charge is 0.497 e. The first-order valence-corrected chi connectivity index (χ1v) is 11.8. The van der Waals surface area contributed by atoms with E-state index in [9.17, 15) is 17.6 Å². The minimum absolute atomic E-state index is 0.198. The summed E-state index contributed by atoms with van der Waals surface area (Å²) in [5, 5.41) is 2.59. The zero-order valence-corrected chi connectivity index (χ0v) is 18.9. The number of rotatable bonds is 6. The molecule has 0 atom stereocenters. The van der Waals surface area contributed by atoms with E-state index in [0.29, 0.717) is 37.3 Å². The third-order valence-electron chi connectivity index (χ3n) is 5.88. The first-order chi connectivity index (χ1) is 15.3. The second-order valence-electron chi connectivity index (χ2n) is 7.85. The van der Waals surface area contributed by atoms with Gasteiger partial charge in [0.2, 0.25) is 15.9 Å². The second-order valence-corrected chi connectivity index (χ2v) is 9.75. The Bertz CT molecular complexity index is 1130. The van der Waals surface area contributed by atoms with Crippen LogP contribution in [0.5, 0.6) is 11.5 Å². The van der Waals surface area contributed by atoms with E-state index in [1.807, 2.05) is 18.2 Å². The van der Waals surface area contributed by atoms with Gasteiger partial charge in [0.15, 0.2) is 0 Å². The average Bonchev–Trinajstić information content (AvgIpc) is 2.78. The lowest BCUT2D eigenvalue weighted by Gasteiger charge is -2.34. The molecular weight excluding hydrogens is 437 g/mol. The summed E-state index contributed by atoms with van der Waals surface area (Å²) in [5.74, 6) is 0.413. The molecule has 1 N–H and O–H groups in total. The minimum atomic E-state index is -3.99. The predicted molar refractivity (Wildman–Crippen MR) is 117 cm³/mol. The molecule has 8 nitrogen and oxygen atoms in total. The molecule has 2 heterocycles. The SMILES string of the molecule is COc1ccc(OC)c(CN2CCN(S(=O)(=O)c3cc4c(cc3F)NC(=O)CC4)CC2)c1. The highest BCUT2D eigenvalue weighted by Crippen LogP contribution is 2.31. The Balaban J connectivity index is 1.47. The number of benzene rings is 2. The van der Waals surface area contributed by atoms with Crippen molar-refractivity contribution >= 4 is 21.6 Å². The van der Waals surface area contributed by atoms with E-state index in [1.165, 1.54) is 10.4 Å². The number of nitrogens with one attached hydrogen (secondary N) is 1. The third-order valence-corrected chi connectivity index (χ3v) is 7.80. The predicted octanol–water partition coefficient (Wildman–Crippen LogP) is 2.23. The van der Waals surface area contributed by atoms with Gasteiger partial charge in [-0.3, -0.25) is 9.69 Å². The molecule has 2 aromatic carbocycles. The second kappa shape index (κ2) is 9.05. The number of sulfonamides is 1. The molecular formula is C22H26FN3O5S. The molecule has 0 unspecified atom stereocenters. The highest BCUT2D eigenvalue weighted by Gasteiger charge is 2.32. The number of nitrogens with zero attached hydrogens (tertiary/aromatic N) is 2. The van der Waals surface area contributed by atoms with Crippen LogP contribution in [0.1, 0.15) is 17.5 Å². The van der Waals surface area contributed by atoms with E-state index in [1.54, 1.807) is 14.2 Å². The number of piperazine rings is 1. The van der Waals surface area contributed by atoms with Crippen LogP contribution in [0.3, 0.4) is 0 Å². The van der Waals surface area contributed by atoms with Crippen molar-refractivity contribution in [2.24, 2.45) is 0 Å². The van der Waals surface area contributed by atoms with Crippen molar-refractivity contribution in [1.29, 1.82) is 0 Å². The highest BCUT2D eigenvalue weighted by atomic mass is 32.2. The molecule has 2 aliphatic rings. The number of hydrogen-bond acceptors (Lipinski definition) is 6. The quantitative estimate of drug-likeness (QED) is 0.707. The Kier molecular flexibility index (Phi) is 6.36. The number of anilines is 1. The monoisotopic (exact) mass is 463 g/mol. The van der Waals surface area contributed by atoms with Gasteiger partial charge in [-0.05, 0) is 42.3 Å². The number of amides is 1. The van der Waals surface area contributed by atoms with Gasteiger partial charge in [0, 0.05) is 50.4 Å². The topological polar surface area (TPSA) is 88.2 Å². The van der Waals surface area contributed by atoms with E-state index < -0.39 is 15.8 Å². The Hall–Kier alpha value is -2.69. The molecule has 1 saturated heterocycles. The summed E-state index contributed by atoms with van der Waals surface area (Å²) in [4.78, 5) is 13.3. The van der Waals surface area contributed by atoms with Crippen LogP contribution in [-0.2, 0) is 27.8 Å². The lowest BCUT2D eigenvalue weighted by Crippen LogP contribution is -2.48. The molecule has 0 aliphatic carbocycles. The van der Waals surface area contributed by atoms with Crippen LogP contribution in [0, 0.1) is 5.82 Å². The fourth-order valence-electron chi connectivity index (χ4n) is 4.09. The van der Waals surface area contributed by atoms with Crippen LogP contribution < -0.4 is 14.8 Å². The molecule has 1 fully saturated rings. The van der Waals surface area contributed by atoms with Gasteiger partial charge in [-0.25, -0.2) is 12.8 Å². The standard InChI is InChI=1S/C22H26FN3O5S/c1-30-17-4-5-20(31-2)16(11-17)14-25-7-9-26(10-8-25)32(28,29)21-12-15-3-6-22(27)24-19(15)13-18(21)23/h4-5,11-13H,3,6-10,14H2,1-2H3,(H,24,27). The smallest absolute Gasteiger partial charge is 0.246 e. The van der Waals surface area contributed by atoms with Crippen molar-refractivity contribution in [2.75, 3.05) is 45.7 Å². The number of ether oxygens (including phenoxy) is 2. The zero-order valence-electron chi connectivity index (χ0n) is 18.1. The number of fused-ring (bicyclic) bond motifs is 1. The van der Waals surface area contributed by atoms with Gasteiger partial charge in [-0.2, -0.15) is 4.31 Å². The van der Waals surface area contributed by atoms with Gasteiger partial charge in [-0.15, -0.1) is 0 Å². The maximum Gasteiger partial charge on any atom is 0.246 e. The molecule has 0 radical (unpaired) electrons. The fourth-order valence-corrected chi connectivity index (χ4v) is 5.61. The maximum absolute atomic E-state index is 14.7. The van der Waals surface area contributed by atoms with E-state index in [2.05, 4.69) is 10.2 Å². The molecule has 0 bridgehead atoms. The van der Waals surface area contributed by atoms with Crippen LogP contribution in [0.4, 0.5) is 10.1 Å². The normalized spacial score (nSPS) is 17.5. The molecule has 0 aromatic heterocycles. The summed E-state index contributed by atoms with van der Waals surface area (Å²) >= 11 is 0. The van der Waals surface area contributed by atoms with Crippen LogP contribution >= 0.6 is 0 Å². The lowest BCUT2D eigenvalue weighted by atomic mass is 10.0. The van der Waals surface area contributed by atoms with E-state index in [4.69, 9.17) is 9.47 Å². The number of methoxy groups -OCH3 is 2. The van der Waals surface area contributed by atoms with Gasteiger partial charge in [-0.1, -0.05) is 0 Å². The number of halogens is 1. The first kappa shape index (κ1) is 22.5. The van der Waals surface area contributed by atoms with Crippen molar-refractivity contribution < 1.29 is 27.1 Å². The Morgan fingerprint density at radius 3 is 2.47 bits per heavy atom. The van der Waals surface area contributed by atoms with Crippen molar-refractivity contribution in [3.63, 3.8) is 0 Å².